The molecule has 1 aromatic heterocycles. The maximum atomic E-state index is 13.3. The van der Waals surface area contributed by atoms with Crippen LogP contribution in [-0.2, 0) is 0 Å². The van der Waals surface area contributed by atoms with E-state index in [9.17, 15) is 4.39 Å². The summed E-state index contributed by atoms with van der Waals surface area (Å²) in [5.74, 6) is 1.11. The third-order valence-electron chi connectivity index (χ3n) is 3.41. The molecule has 6 heteroatoms. The van der Waals surface area contributed by atoms with Crippen LogP contribution in [0.15, 0.2) is 27.2 Å². The van der Waals surface area contributed by atoms with Gasteiger partial charge in [-0.25, -0.2) is 4.39 Å². The van der Waals surface area contributed by atoms with Crippen LogP contribution in [0.3, 0.4) is 0 Å². The van der Waals surface area contributed by atoms with Crippen LogP contribution in [0.1, 0.15) is 25.3 Å². The molecule has 0 radical (unpaired) electrons. The van der Waals surface area contributed by atoms with E-state index in [2.05, 4.69) is 38.3 Å². The van der Waals surface area contributed by atoms with Crippen LogP contribution in [0.5, 0.6) is 0 Å². The molecule has 0 aliphatic carbocycles. The van der Waals surface area contributed by atoms with E-state index in [1.807, 2.05) is 0 Å². The molecule has 0 amide bonds. The van der Waals surface area contributed by atoms with Gasteiger partial charge in [0.1, 0.15) is 5.82 Å². The maximum Gasteiger partial charge on any atom is 0.244 e. The molecule has 1 saturated heterocycles. The number of hydrogen-bond donors (Lipinski definition) is 1. The Morgan fingerprint density at radius 2 is 2.32 bits per heavy atom. The summed E-state index contributed by atoms with van der Waals surface area (Å²) in [4.78, 5) is 4.38. The average Bonchev–Trinajstić information content (AvgIpc) is 3.00. The van der Waals surface area contributed by atoms with Crippen LogP contribution in [0.2, 0.25) is 0 Å². The van der Waals surface area contributed by atoms with Crippen molar-refractivity contribution in [3.8, 4) is 11.4 Å². The van der Waals surface area contributed by atoms with Crippen LogP contribution in [-0.4, -0.2) is 16.7 Å². The summed E-state index contributed by atoms with van der Waals surface area (Å²) >= 11 is 3.37. The summed E-state index contributed by atoms with van der Waals surface area (Å²) < 4.78 is 19.3. The van der Waals surface area contributed by atoms with Crippen molar-refractivity contribution in [1.29, 1.82) is 0 Å². The van der Waals surface area contributed by atoms with Crippen molar-refractivity contribution in [3.63, 3.8) is 0 Å². The third-order valence-corrected chi connectivity index (χ3v) is 4.10. The van der Waals surface area contributed by atoms with Crippen LogP contribution in [0, 0.1) is 11.7 Å². The average molecular weight is 326 g/mol. The first-order chi connectivity index (χ1) is 9.15. The van der Waals surface area contributed by atoms with Crippen molar-refractivity contribution in [2.75, 3.05) is 6.54 Å². The fraction of sp³-hybridized carbons (Fsp3) is 0.385. The van der Waals surface area contributed by atoms with Crippen molar-refractivity contribution in [2.45, 2.75) is 19.4 Å². The molecule has 1 aliphatic rings. The Bertz CT molecular complexity index is 601. The van der Waals surface area contributed by atoms with E-state index < -0.39 is 0 Å². The van der Waals surface area contributed by atoms with Gasteiger partial charge in [-0.05, 0) is 37.1 Å². The smallest absolute Gasteiger partial charge is 0.244 e. The Kier molecular flexibility index (Phi) is 3.36. The topological polar surface area (TPSA) is 51.0 Å². The van der Waals surface area contributed by atoms with Crippen molar-refractivity contribution in [3.05, 3.63) is 34.4 Å². The van der Waals surface area contributed by atoms with Crippen molar-refractivity contribution in [2.24, 2.45) is 5.92 Å². The summed E-state index contributed by atoms with van der Waals surface area (Å²) in [5.41, 5.74) is 0.598. The zero-order valence-corrected chi connectivity index (χ0v) is 11.9. The molecule has 3 rings (SSSR count). The first-order valence-electron chi connectivity index (χ1n) is 6.17. The van der Waals surface area contributed by atoms with E-state index in [1.54, 1.807) is 6.07 Å². The maximum absolute atomic E-state index is 13.3. The van der Waals surface area contributed by atoms with Gasteiger partial charge in [0.25, 0.3) is 0 Å². The quantitative estimate of drug-likeness (QED) is 0.920. The lowest BCUT2D eigenvalue weighted by atomic mass is 10.0. The Balaban J connectivity index is 1.94. The minimum Gasteiger partial charge on any atom is -0.337 e. The second-order valence-electron chi connectivity index (χ2n) is 4.78. The molecule has 1 fully saturated rings. The van der Waals surface area contributed by atoms with E-state index in [0.29, 0.717) is 23.2 Å². The van der Waals surface area contributed by atoms with Crippen LogP contribution in [0.25, 0.3) is 11.4 Å². The number of rotatable bonds is 2. The number of benzene rings is 1. The normalized spacial score (nSPS) is 22.9. The molecule has 2 heterocycles. The molecule has 1 aliphatic heterocycles. The Morgan fingerprint density at radius 3 is 3.05 bits per heavy atom. The van der Waals surface area contributed by atoms with Crippen LogP contribution < -0.4 is 5.32 Å². The van der Waals surface area contributed by atoms with E-state index in [4.69, 9.17) is 4.52 Å². The summed E-state index contributed by atoms with van der Waals surface area (Å²) in [6.07, 6.45) is 1.09. The first kappa shape index (κ1) is 12.7. The molecule has 100 valence electrons. The van der Waals surface area contributed by atoms with Gasteiger partial charge in [-0.15, -0.1) is 0 Å². The summed E-state index contributed by atoms with van der Waals surface area (Å²) in [7, 11) is 0. The van der Waals surface area contributed by atoms with Gasteiger partial charge in [0.15, 0.2) is 0 Å². The Labute approximate surface area is 118 Å². The number of nitrogens with zero attached hydrogens (tertiary/aromatic N) is 2. The molecule has 19 heavy (non-hydrogen) atoms. The fourth-order valence-electron chi connectivity index (χ4n) is 2.30. The minimum atomic E-state index is -0.322. The molecule has 1 N–H and O–H groups in total. The first-order valence-corrected chi connectivity index (χ1v) is 6.97. The Morgan fingerprint density at radius 1 is 1.47 bits per heavy atom. The van der Waals surface area contributed by atoms with Gasteiger partial charge < -0.3 is 9.84 Å². The predicted octanol–water partition coefficient (Wildman–Crippen LogP) is 3.31. The zero-order valence-electron chi connectivity index (χ0n) is 10.4. The fourth-order valence-corrected chi connectivity index (χ4v) is 2.73. The van der Waals surface area contributed by atoms with Gasteiger partial charge in [-0.2, -0.15) is 4.98 Å². The lowest BCUT2D eigenvalue weighted by Gasteiger charge is -2.09. The highest BCUT2D eigenvalue weighted by atomic mass is 79.9. The number of aromatic nitrogens is 2. The van der Waals surface area contributed by atoms with Gasteiger partial charge in [0.05, 0.1) is 6.04 Å². The van der Waals surface area contributed by atoms with Crippen molar-refractivity contribution in [1.82, 2.24) is 15.5 Å². The lowest BCUT2D eigenvalue weighted by Crippen LogP contribution is -2.16. The molecule has 0 bridgehead atoms. The van der Waals surface area contributed by atoms with Crippen molar-refractivity contribution >= 4 is 15.9 Å². The van der Waals surface area contributed by atoms with E-state index in [1.165, 1.54) is 12.1 Å². The van der Waals surface area contributed by atoms with E-state index >= 15 is 0 Å². The molecular weight excluding hydrogens is 313 g/mol. The third kappa shape index (κ3) is 2.42. The zero-order chi connectivity index (χ0) is 13.4. The SMILES string of the molecule is CC1CCNC1c1nc(-c2cc(F)ccc2Br)no1. The van der Waals surface area contributed by atoms with E-state index in [-0.39, 0.29) is 11.9 Å². The minimum absolute atomic E-state index is 0.0913. The van der Waals surface area contributed by atoms with Crippen LogP contribution >= 0.6 is 15.9 Å². The Hall–Kier alpha value is -1.27. The lowest BCUT2D eigenvalue weighted by molar-refractivity contribution is 0.319. The standard InChI is InChI=1S/C13H13BrFN3O/c1-7-4-5-16-11(7)13-17-12(18-19-13)9-6-8(15)2-3-10(9)14/h2-3,6-7,11,16H,4-5H2,1H3. The molecule has 4 nitrogen and oxygen atoms in total. The highest BCUT2D eigenvalue weighted by Gasteiger charge is 2.29. The van der Waals surface area contributed by atoms with Gasteiger partial charge in [-0.1, -0.05) is 28.0 Å². The summed E-state index contributed by atoms with van der Waals surface area (Å²) in [5, 5.41) is 7.28. The van der Waals surface area contributed by atoms with Gasteiger partial charge in [0.2, 0.25) is 11.7 Å². The van der Waals surface area contributed by atoms with Gasteiger partial charge in [-0.3, -0.25) is 0 Å². The predicted molar refractivity (Wildman–Crippen MR) is 71.9 cm³/mol. The number of nitrogens with one attached hydrogen (secondary N) is 1. The molecular formula is C13H13BrFN3O. The largest absolute Gasteiger partial charge is 0.337 e. The highest BCUT2D eigenvalue weighted by Crippen LogP contribution is 2.31. The molecule has 2 aromatic rings. The summed E-state index contributed by atoms with van der Waals surface area (Å²) in [6.45, 7) is 3.10. The molecule has 0 saturated carbocycles. The molecule has 0 spiro atoms. The van der Waals surface area contributed by atoms with Gasteiger partial charge in [0, 0.05) is 10.0 Å². The second kappa shape index (κ2) is 5.02. The monoisotopic (exact) mass is 325 g/mol. The van der Waals surface area contributed by atoms with Crippen molar-refractivity contribution < 1.29 is 8.91 Å². The summed E-state index contributed by atoms with van der Waals surface area (Å²) in [6, 6.07) is 4.50. The van der Waals surface area contributed by atoms with E-state index in [0.717, 1.165) is 17.4 Å². The highest BCUT2D eigenvalue weighted by molar-refractivity contribution is 9.10. The number of hydrogen-bond acceptors (Lipinski definition) is 4. The molecule has 2 unspecified atom stereocenters. The molecule has 2 atom stereocenters. The van der Waals surface area contributed by atoms with Gasteiger partial charge >= 0.3 is 0 Å². The molecule has 1 aromatic carbocycles. The van der Waals surface area contributed by atoms with Crippen LogP contribution in [0.4, 0.5) is 4.39 Å². The number of halogens is 2. The second-order valence-corrected chi connectivity index (χ2v) is 5.63.